The molecule has 21 heavy (non-hydrogen) atoms. The number of aliphatic carboxylic acids is 1. The first-order valence-corrected chi connectivity index (χ1v) is 6.64. The zero-order valence-corrected chi connectivity index (χ0v) is 13.0. The molecule has 1 aromatic carbocycles. The van der Waals surface area contributed by atoms with Crippen LogP contribution in [0.5, 0.6) is 0 Å². The van der Waals surface area contributed by atoms with Crippen LogP contribution in [0.25, 0.3) is 0 Å². The van der Waals surface area contributed by atoms with E-state index in [-0.39, 0.29) is 14.5 Å². The Balaban J connectivity index is 3.08. The van der Waals surface area contributed by atoms with Crippen molar-refractivity contribution in [2.45, 2.75) is 12.8 Å². The maximum atomic E-state index is 12.0. The van der Waals surface area contributed by atoms with Gasteiger partial charge in [0.2, 0.25) is 5.78 Å². The third-order valence-electron chi connectivity index (χ3n) is 2.12. The Kier molecular flexibility index (Phi) is 5.51. The Hall–Kier alpha value is -1.42. The molecule has 0 saturated carbocycles. The summed E-state index contributed by atoms with van der Waals surface area (Å²) in [5, 5.41) is 8.48. The lowest BCUT2D eigenvalue weighted by Gasteiger charge is -2.11. The van der Waals surface area contributed by atoms with E-state index in [1.165, 1.54) is 12.1 Å². The predicted molar refractivity (Wildman–Crippen MR) is 69.7 cm³/mol. The monoisotopic (exact) mass is 432 g/mol. The van der Waals surface area contributed by atoms with Crippen molar-refractivity contribution in [2.75, 3.05) is 0 Å². The number of carbonyl (C=O) groups excluding carboxylic acids is 2. The molecule has 114 valence electrons. The smallest absolute Gasteiger partial charge is 0.475 e. The van der Waals surface area contributed by atoms with Crippen molar-refractivity contribution in [1.29, 1.82) is 0 Å². The van der Waals surface area contributed by atoms with E-state index in [1.54, 1.807) is 0 Å². The lowest BCUT2D eigenvalue weighted by molar-refractivity contribution is -0.291. The molecule has 0 radical (unpaired) electrons. The molecule has 0 bridgehead atoms. The van der Waals surface area contributed by atoms with E-state index in [0.29, 0.717) is 0 Å². The third kappa shape index (κ3) is 5.12. The fourth-order valence-electron chi connectivity index (χ4n) is 1.34. The van der Waals surface area contributed by atoms with E-state index in [0.717, 1.165) is 0 Å². The molecule has 0 unspecified atom stereocenters. The number of carboxylic acids is 1. The molecule has 1 aromatic rings. The minimum Gasteiger partial charge on any atom is -0.475 e. The molecule has 1 rings (SSSR count). The van der Waals surface area contributed by atoms with Crippen LogP contribution in [-0.4, -0.2) is 29.2 Å². The average molecular weight is 434 g/mol. The summed E-state index contributed by atoms with van der Waals surface area (Å²) in [6.45, 7) is 0. The zero-order chi connectivity index (χ0) is 16.4. The normalized spacial score (nSPS) is 11.1. The highest BCUT2D eigenvalue weighted by Crippen LogP contribution is 2.30. The molecule has 10 heteroatoms. The lowest BCUT2D eigenvalue weighted by Crippen LogP contribution is -2.20. The van der Waals surface area contributed by atoms with Gasteiger partial charge in [0.1, 0.15) is 0 Å². The Morgan fingerprint density at radius 1 is 1.14 bits per heavy atom. The van der Waals surface area contributed by atoms with Crippen LogP contribution in [0.4, 0.5) is 13.2 Å². The van der Waals surface area contributed by atoms with E-state index in [9.17, 15) is 27.6 Å². The van der Waals surface area contributed by atoms with Crippen LogP contribution in [0.2, 0.25) is 0 Å². The van der Waals surface area contributed by atoms with Crippen LogP contribution in [0.3, 0.4) is 0 Å². The second-order valence-electron chi connectivity index (χ2n) is 3.67. The van der Waals surface area contributed by atoms with Crippen LogP contribution >= 0.6 is 31.9 Å². The summed E-state index contributed by atoms with van der Waals surface area (Å²) in [7, 11) is 0. The van der Waals surface area contributed by atoms with Gasteiger partial charge in [-0.1, -0.05) is 0 Å². The van der Waals surface area contributed by atoms with Gasteiger partial charge in [0.05, 0.1) is 5.56 Å². The van der Waals surface area contributed by atoms with E-state index < -0.39 is 36.1 Å². The fraction of sp³-hybridized carbons (Fsp3) is 0.182. The highest BCUT2D eigenvalue weighted by molar-refractivity contribution is 9.11. The van der Waals surface area contributed by atoms with Gasteiger partial charge in [0, 0.05) is 15.4 Å². The molecule has 0 atom stereocenters. The number of alkyl halides is 3. The minimum absolute atomic E-state index is 0.0701. The number of Topliss-reactive ketones (excluding diaryl/α,β-unsaturated/α-hetero) is 1. The molecule has 0 amide bonds. The minimum atomic E-state index is -5.13. The molecule has 0 spiro atoms. The summed E-state index contributed by atoms with van der Waals surface area (Å²) >= 11 is 5.75. The number of halogens is 5. The van der Waals surface area contributed by atoms with E-state index in [4.69, 9.17) is 5.11 Å². The number of ketones is 1. The van der Waals surface area contributed by atoms with Crippen LogP contribution in [0, 0.1) is 0 Å². The first-order chi connectivity index (χ1) is 9.51. The van der Waals surface area contributed by atoms with Crippen LogP contribution in [0.1, 0.15) is 15.9 Å². The summed E-state index contributed by atoms with van der Waals surface area (Å²) in [5.41, 5.74) is -0.233. The standard InChI is InChI=1S/C11H5Br2F3O5/c12-5-1-4(3-7(17)9(18)19)2-6(13)8(5)10(20)21-11(14,15)16/h1-2H,3H2,(H,18,19). The van der Waals surface area contributed by atoms with Crippen molar-refractivity contribution in [3.8, 4) is 0 Å². The summed E-state index contributed by atoms with van der Waals surface area (Å²) in [4.78, 5) is 32.9. The molecule has 5 nitrogen and oxygen atoms in total. The molecule has 0 aromatic heterocycles. The van der Waals surface area contributed by atoms with Gasteiger partial charge in [-0.15, -0.1) is 13.2 Å². The molecule has 0 aliphatic heterocycles. The molecule has 0 fully saturated rings. The second kappa shape index (κ2) is 6.56. The molecule has 0 aliphatic carbocycles. The maximum Gasteiger partial charge on any atom is 0.575 e. The van der Waals surface area contributed by atoms with Gasteiger partial charge in [-0.25, -0.2) is 9.59 Å². The van der Waals surface area contributed by atoms with Crippen LogP contribution in [0.15, 0.2) is 21.1 Å². The largest absolute Gasteiger partial charge is 0.575 e. The highest BCUT2D eigenvalue weighted by atomic mass is 79.9. The molecule has 0 heterocycles. The number of hydrogen-bond acceptors (Lipinski definition) is 4. The van der Waals surface area contributed by atoms with Gasteiger partial charge < -0.3 is 9.84 Å². The number of esters is 1. The van der Waals surface area contributed by atoms with Crippen molar-refractivity contribution in [2.24, 2.45) is 0 Å². The first-order valence-electron chi connectivity index (χ1n) is 5.05. The van der Waals surface area contributed by atoms with E-state index in [1.807, 2.05) is 0 Å². The van der Waals surface area contributed by atoms with Crippen molar-refractivity contribution < 1.29 is 37.4 Å². The SMILES string of the molecule is O=C(O)C(=O)Cc1cc(Br)c(C(=O)OC(F)(F)F)c(Br)c1. The summed E-state index contributed by atoms with van der Waals surface area (Å²) in [6.07, 6.45) is -5.60. The third-order valence-corrected chi connectivity index (χ3v) is 3.37. The van der Waals surface area contributed by atoms with Crippen LogP contribution in [-0.2, 0) is 20.7 Å². The molecule has 0 saturated heterocycles. The number of hydrogen-bond donors (Lipinski definition) is 1. The second-order valence-corrected chi connectivity index (χ2v) is 5.38. The van der Waals surface area contributed by atoms with Gasteiger partial charge in [-0.2, -0.15) is 0 Å². The van der Waals surface area contributed by atoms with Gasteiger partial charge in [-0.3, -0.25) is 4.79 Å². The topological polar surface area (TPSA) is 80.7 Å². The summed E-state index contributed by atoms with van der Waals surface area (Å²) in [6, 6.07) is 2.33. The van der Waals surface area contributed by atoms with Crippen molar-refractivity contribution in [3.05, 3.63) is 32.2 Å². The Labute approximate surface area is 132 Å². The summed E-state index contributed by atoms with van der Waals surface area (Å²) < 4.78 is 39.2. The fourth-order valence-corrected chi connectivity index (χ4v) is 2.94. The predicted octanol–water partition coefficient (Wildman–Crippen LogP) is 3.08. The number of rotatable bonds is 4. The van der Waals surface area contributed by atoms with Crippen molar-refractivity contribution in [1.82, 2.24) is 0 Å². The van der Waals surface area contributed by atoms with Crippen molar-refractivity contribution in [3.63, 3.8) is 0 Å². The lowest BCUT2D eigenvalue weighted by atomic mass is 10.1. The van der Waals surface area contributed by atoms with E-state index >= 15 is 0 Å². The zero-order valence-electron chi connectivity index (χ0n) is 9.83. The molecular weight excluding hydrogens is 429 g/mol. The molecular formula is C11H5Br2F3O5. The number of carboxylic acid groups (broad SMARTS) is 1. The number of carbonyl (C=O) groups is 3. The molecule has 0 aliphatic rings. The summed E-state index contributed by atoms with van der Waals surface area (Å²) in [5.74, 6) is -4.38. The molecule has 1 N–H and O–H groups in total. The Bertz CT molecular complexity index is 589. The average Bonchev–Trinajstić information content (AvgIpc) is 2.24. The van der Waals surface area contributed by atoms with Gasteiger partial charge >= 0.3 is 18.3 Å². The van der Waals surface area contributed by atoms with Gasteiger partial charge in [0.25, 0.3) is 0 Å². The highest BCUT2D eigenvalue weighted by Gasteiger charge is 2.35. The quantitative estimate of drug-likeness (QED) is 0.583. The Morgan fingerprint density at radius 3 is 2.00 bits per heavy atom. The van der Waals surface area contributed by atoms with Gasteiger partial charge in [-0.05, 0) is 49.6 Å². The van der Waals surface area contributed by atoms with Crippen molar-refractivity contribution >= 4 is 49.6 Å². The van der Waals surface area contributed by atoms with Gasteiger partial charge in [0.15, 0.2) is 0 Å². The number of benzene rings is 1. The maximum absolute atomic E-state index is 12.0. The number of ether oxygens (including phenoxy) is 1. The van der Waals surface area contributed by atoms with E-state index in [2.05, 4.69) is 36.6 Å². The van der Waals surface area contributed by atoms with Crippen LogP contribution < -0.4 is 0 Å². The Morgan fingerprint density at radius 2 is 1.62 bits per heavy atom. The first kappa shape index (κ1) is 17.6.